The Labute approximate surface area is 126 Å². The van der Waals surface area contributed by atoms with Gasteiger partial charge in [0.25, 0.3) is 0 Å². The molecule has 0 aromatic heterocycles. The van der Waals surface area contributed by atoms with E-state index in [1.165, 1.54) is 0 Å². The van der Waals surface area contributed by atoms with Gasteiger partial charge >= 0.3 is 5.97 Å². The minimum atomic E-state index is -0.818. The Morgan fingerprint density at radius 2 is 1.81 bits per heavy atom. The lowest BCUT2D eigenvalue weighted by Crippen LogP contribution is -2.40. The van der Waals surface area contributed by atoms with Crippen molar-refractivity contribution in [2.24, 2.45) is 0 Å². The lowest BCUT2D eigenvalue weighted by atomic mass is 9.94. The van der Waals surface area contributed by atoms with Crippen LogP contribution in [0.4, 0.5) is 0 Å². The molecule has 0 aliphatic heterocycles. The van der Waals surface area contributed by atoms with Crippen molar-refractivity contribution in [2.45, 2.75) is 52.0 Å². The molecular weight excluding hydrogens is 266 g/mol. The topological polar surface area (TPSA) is 57.6 Å². The molecule has 0 saturated heterocycles. The second-order valence-corrected chi connectivity index (χ2v) is 5.49. The van der Waals surface area contributed by atoms with Crippen LogP contribution in [0.15, 0.2) is 30.3 Å². The standard InChI is InChI=1S/C17H25NO3/c1-4-15(14-9-6-5-7-10-14)17(21)18(13(2)3)12-8-11-16(19)20/h5-7,9-10,13,15H,4,8,11-12H2,1-3H3,(H,19,20). The number of aliphatic carboxylic acids is 1. The lowest BCUT2D eigenvalue weighted by Gasteiger charge is -2.30. The summed E-state index contributed by atoms with van der Waals surface area (Å²) in [4.78, 5) is 25.2. The van der Waals surface area contributed by atoms with E-state index in [1.807, 2.05) is 51.1 Å². The number of amides is 1. The highest BCUT2D eigenvalue weighted by Gasteiger charge is 2.25. The minimum Gasteiger partial charge on any atom is -0.481 e. The maximum Gasteiger partial charge on any atom is 0.303 e. The number of rotatable bonds is 8. The highest BCUT2D eigenvalue weighted by atomic mass is 16.4. The van der Waals surface area contributed by atoms with Gasteiger partial charge in [0, 0.05) is 19.0 Å². The first-order valence-electron chi connectivity index (χ1n) is 7.54. The Bertz CT molecular complexity index is 456. The van der Waals surface area contributed by atoms with Crippen LogP contribution in [0.1, 0.15) is 51.5 Å². The van der Waals surface area contributed by atoms with Crippen molar-refractivity contribution in [2.75, 3.05) is 6.54 Å². The molecule has 1 N–H and O–H groups in total. The molecule has 1 amide bonds. The molecule has 0 aliphatic carbocycles. The molecular formula is C17H25NO3. The van der Waals surface area contributed by atoms with Gasteiger partial charge in [-0.15, -0.1) is 0 Å². The molecule has 0 fully saturated rings. The van der Waals surface area contributed by atoms with Gasteiger partial charge in [-0.2, -0.15) is 0 Å². The molecule has 0 spiro atoms. The van der Waals surface area contributed by atoms with Crippen LogP contribution in [-0.4, -0.2) is 34.5 Å². The summed E-state index contributed by atoms with van der Waals surface area (Å²) in [6.07, 6.45) is 1.33. The summed E-state index contributed by atoms with van der Waals surface area (Å²) >= 11 is 0. The Hall–Kier alpha value is -1.84. The van der Waals surface area contributed by atoms with Gasteiger partial charge in [-0.1, -0.05) is 37.3 Å². The average molecular weight is 291 g/mol. The van der Waals surface area contributed by atoms with Gasteiger partial charge in [0.05, 0.1) is 5.92 Å². The van der Waals surface area contributed by atoms with E-state index in [2.05, 4.69) is 0 Å². The molecule has 0 aliphatic rings. The predicted octanol–water partition coefficient (Wildman–Crippen LogP) is 3.28. The summed E-state index contributed by atoms with van der Waals surface area (Å²) in [5.41, 5.74) is 1.02. The zero-order valence-electron chi connectivity index (χ0n) is 13.1. The highest BCUT2D eigenvalue weighted by Crippen LogP contribution is 2.23. The molecule has 0 bridgehead atoms. The second kappa shape index (κ2) is 8.45. The van der Waals surface area contributed by atoms with Crippen molar-refractivity contribution in [3.05, 3.63) is 35.9 Å². The van der Waals surface area contributed by atoms with Gasteiger partial charge < -0.3 is 10.0 Å². The zero-order valence-corrected chi connectivity index (χ0v) is 13.1. The maximum atomic E-state index is 12.8. The smallest absolute Gasteiger partial charge is 0.303 e. The minimum absolute atomic E-state index is 0.0732. The SMILES string of the molecule is CCC(C(=O)N(CCCC(=O)O)C(C)C)c1ccccc1. The van der Waals surface area contributed by atoms with Crippen LogP contribution in [-0.2, 0) is 9.59 Å². The van der Waals surface area contributed by atoms with E-state index < -0.39 is 5.97 Å². The molecule has 0 saturated carbocycles. The lowest BCUT2D eigenvalue weighted by molar-refractivity contribution is -0.139. The Kier molecular flexibility index (Phi) is 6.92. The summed E-state index contributed by atoms with van der Waals surface area (Å²) in [5, 5.41) is 8.73. The molecule has 4 heteroatoms. The van der Waals surface area contributed by atoms with Crippen LogP contribution in [0.5, 0.6) is 0 Å². The zero-order chi connectivity index (χ0) is 15.8. The molecule has 0 heterocycles. The number of nitrogens with zero attached hydrogens (tertiary/aromatic N) is 1. The van der Waals surface area contributed by atoms with E-state index >= 15 is 0 Å². The van der Waals surface area contributed by atoms with Crippen molar-refractivity contribution in [3.8, 4) is 0 Å². The van der Waals surface area contributed by atoms with Gasteiger partial charge in [0.2, 0.25) is 5.91 Å². The van der Waals surface area contributed by atoms with E-state index in [1.54, 1.807) is 4.90 Å². The van der Waals surface area contributed by atoms with Gasteiger partial charge in [0.15, 0.2) is 0 Å². The summed E-state index contributed by atoms with van der Waals surface area (Å²) < 4.78 is 0. The third-order valence-electron chi connectivity index (χ3n) is 3.60. The summed E-state index contributed by atoms with van der Waals surface area (Å²) in [6, 6.07) is 9.84. The van der Waals surface area contributed by atoms with E-state index in [9.17, 15) is 9.59 Å². The van der Waals surface area contributed by atoms with Gasteiger partial charge in [-0.3, -0.25) is 9.59 Å². The molecule has 116 valence electrons. The van der Waals surface area contributed by atoms with Crippen LogP contribution in [0.25, 0.3) is 0 Å². The normalized spacial score (nSPS) is 12.2. The molecule has 21 heavy (non-hydrogen) atoms. The van der Waals surface area contributed by atoms with Crippen molar-refractivity contribution in [1.29, 1.82) is 0 Å². The number of carboxylic acid groups (broad SMARTS) is 1. The third-order valence-corrected chi connectivity index (χ3v) is 3.60. The van der Waals surface area contributed by atoms with Crippen LogP contribution in [0, 0.1) is 0 Å². The summed E-state index contributed by atoms with van der Waals surface area (Å²) in [5.74, 6) is -0.885. The van der Waals surface area contributed by atoms with Crippen molar-refractivity contribution < 1.29 is 14.7 Å². The number of hydrogen-bond acceptors (Lipinski definition) is 2. The van der Waals surface area contributed by atoms with Gasteiger partial charge in [0.1, 0.15) is 0 Å². The Morgan fingerprint density at radius 1 is 1.19 bits per heavy atom. The fourth-order valence-electron chi connectivity index (χ4n) is 2.46. The predicted molar refractivity (Wildman–Crippen MR) is 83.2 cm³/mol. The first-order chi connectivity index (χ1) is 9.97. The average Bonchev–Trinajstić information content (AvgIpc) is 2.44. The summed E-state index contributed by atoms with van der Waals surface area (Å²) in [6.45, 7) is 6.43. The van der Waals surface area contributed by atoms with Crippen LogP contribution in [0.2, 0.25) is 0 Å². The summed E-state index contributed by atoms with van der Waals surface area (Å²) in [7, 11) is 0. The van der Waals surface area contributed by atoms with Crippen LogP contribution in [0.3, 0.4) is 0 Å². The fraction of sp³-hybridized carbons (Fsp3) is 0.529. The first-order valence-corrected chi connectivity index (χ1v) is 7.54. The van der Waals surface area contributed by atoms with Crippen molar-refractivity contribution >= 4 is 11.9 Å². The van der Waals surface area contributed by atoms with Gasteiger partial charge in [-0.25, -0.2) is 0 Å². The number of hydrogen-bond donors (Lipinski definition) is 1. The van der Waals surface area contributed by atoms with Crippen LogP contribution < -0.4 is 0 Å². The number of carbonyl (C=O) groups excluding carboxylic acids is 1. The van der Waals surface area contributed by atoms with Crippen molar-refractivity contribution in [3.63, 3.8) is 0 Å². The monoisotopic (exact) mass is 291 g/mol. The van der Waals surface area contributed by atoms with Gasteiger partial charge in [-0.05, 0) is 32.3 Å². The van der Waals surface area contributed by atoms with E-state index in [0.717, 1.165) is 12.0 Å². The van der Waals surface area contributed by atoms with E-state index in [-0.39, 0.29) is 24.3 Å². The quantitative estimate of drug-likeness (QED) is 0.799. The van der Waals surface area contributed by atoms with Crippen LogP contribution >= 0.6 is 0 Å². The fourth-order valence-corrected chi connectivity index (χ4v) is 2.46. The van der Waals surface area contributed by atoms with E-state index in [0.29, 0.717) is 13.0 Å². The number of carbonyl (C=O) groups is 2. The molecule has 1 aromatic rings. The van der Waals surface area contributed by atoms with Crippen molar-refractivity contribution in [1.82, 2.24) is 4.90 Å². The largest absolute Gasteiger partial charge is 0.481 e. The van der Waals surface area contributed by atoms with E-state index in [4.69, 9.17) is 5.11 Å². The highest BCUT2D eigenvalue weighted by molar-refractivity contribution is 5.84. The molecule has 1 unspecified atom stereocenters. The maximum absolute atomic E-state index is 12.8. The Morgan fingerprint density at radius 3 is 2.29 bits per heavy atom. The molecule has 1 aromatic carbocycles. The molecule has 1 atom stereocenters. The first kappa shape index (κ1) is 17.2. The molecule has 1 rings (SSSR count). The second-order valence-electron chi connectivity index (χ2n) is 5.49. The third kappa shape index (κ3) is 5.21. The molecule has 4 nitrogen and oxygen atoms in total. The molecule has 0 radical (unpaired) electrons. The number of carboxylic acids is 1. The number of benzene rings is 1. The Balaban J connectivity index is 2.80.